The monoisotopic (exact) mass is 254 g/mol. The van der Waals surface area contributed by atoms with Crippen molar-refractivity contribution >= 4 is 15.6 Å². The van der Waals surface area contributed by atoms with E-state index >= 15 is 0 Å². The Kier molecular flexibility index (Phi) is 4.46. The maximum absolute atomic E-state index is 11.6. The molecule has 0 aromatic heterocycles. The molecule has 0 bridgehead atoms. The normalized spacial score (nSPS) is 11.5. The fourth-order valence-electron chi connectivity index (χ4n) is 1.79. The van der Waals surface area contributed by atoms with Gasteiger partial charge in [-0.05, 0) is 19.4 Å². The van der Waals surface area contributed by atoms with E-state index < -0.39 is 9.84 Å². The molecule has 0 atom stereocenters. The molecule has 0 saturated heterocycles. The van der Waals surface area contributed by atoms with Crippen molar-refractivity contribution in [3.8, 4) is 0 Å². The van der Waals surface area contributed by atoms with Crippen LogP contribution >= 0.6 is 0 Å². The summed E-state index contributed by atoms with van der Waals surface area (Å²) in [5, 5.41) is 0. The minimum atomic E-state index is -3.05. The molecule has 0 radical (unpaired) electrons. The van der Waals surface area contributed by atoms with Gasteiger partial charge in [-0.1, -0.05) is 29.3 Å². The summed E-state index contributed by atoms with van der Waals surface area (Å²) < 4.78 is 21.9. The summed E-state index contributed by atoms with van der Waals surface area (Å²) >= 11 is 0. The molecule has 0 unspecified atom stereocenters. The van der Waals surface area contributed by atoms with Gasteiger partial charge in [0.15, 0.2) is 0 Å². The first-order valence-electron chi connectivity index (χ1n) is 5.53. The summed E-state index contributed by atoms with van der Waals surface area (Å²) in [6, 6.07) is 5.97. The van der Waals surface area contributed by atoms with Gasteiger partial charge in [-0.25, -0.2) is 8.42 Å². The Morgan fingerprint density at radius 2 is 1.65 bits per heavy atom. The van der Waals surface area contributed by atoms with Crippen molar-refractivity contribution in [3.05, 3.63) is 34.9 Å². The molecule has 0 amide bonds. The standard InChI is InChI=1S/C13H18O3S/c1-10-6-11(2)8-12(7-10)9-13(14)4-5-17(3,15)16/h6-8H,4-5,9H2,1-3H3. The van der Waals surface area contributed by atoms with Crippen LogP contribution in [0.4, 0.5) is 0 Å². The van der Waals surface area contributed by atoms with Gasteiger partial charge in [0, 0.05) is 19.1 Å². The number of hydrogen-bond donors (Lipinski definition) is 0. The van der Waals surface area contributed by atoms with Gasteiger partial charge in [0.1, 0.15) is 15.6 Å². The third-order valence-corrected chi connectivity index (χ3v) is 3.38. The third-order valence-electron chi connectivity index (χ3n) is 2.43. The van der Waals surface area contributed by atoms with Crippen molar-refractivity contribution in [2.24, 2.45) is 0 Å². The van der Waals surface area contributed by atoms with E-state index in [0.29, 0.717) is 6.42 Å². The zero-order chi connectivity index (χ0) is 13.1. The highest BCUT2D eigenvalue weighted by molar-refractivity contribution is 7.90. The minimum Gasteiger partial charge on any atom is -0.299 e. The summed E-state index contributed by atoms with van der Waals surface area (Å²) in [6.45, 7) is 3.97. The number of Topliss-reactive ketones (excluding diaryl/α,β-unsaturated/α-hetero) is 1. The molecule has 94 valence electrons. The van der Waals surface area contributed by atoms with Gasteiger partial charge in [-0.2, -0.15) is 0 Å². The van der Waals surface area contributed by atoms with Crippen LogP contribution in [0.15, 0.2) is 18.2 Å². The minimum absolute atomic E-state index is 0.0274. The van der Waals surface area contributed by atoms with Gasteiger partial charge in [-0.3, -0.25) is 4.79 Å². The largest absolute Gasteiger partial charge is 0.299 e. The quantitative estimate of drug-likeness (QED) is 0.805. The number of carbonyl (C=O) groups is 1. The van der Waals surface area contributed by atoms with Crippen LogP contribution in [0, 0.1) is 13.8 Å². The van der Waals surface area contributed by atoms with E-state index in [4.69, 9.17) is 0 Å². The van der Waals surface area contributed by atoms with Gasteiger partial charge in [0.05, 0.1) is 5.75 Å². The summed E-state index contributed by atoms with van der Waals surface area (Å²) in [5.74, 6) is -0.0863. The van der Waals surface area contributed by atoms with Gasteiger partial charge in [0.25, 0.3) is 0 Å². The third kappa shape index (κ3) is 5.63. The van der Waals surface area contributed by atoms with E-state index in [0.717, 1.165) is 22.9 Å². The van der Waals surface area contributed by atoms with Crippen molar-refractivity contribution in [3.63, 3.8) is 0 Å². The van der Waals surface area contributed by atoms with Crippen molar-refractivity contribution in [2.75, 3.05) is 12.0 Å². The van der Waals surface area contributed by atoms with Crippen LogP contribution in [0.25, 0.3) is 0 Å². The lowest BCUT2D eigenvalue weighted by Gasteiger charge is -2.04. The zero-order valence-electron chi connectivity index (χ0n) is 10.5. The topological polar surface area (TPSA) is 51.2 Å². The van der Waals surface area contributed by atoms with Crippen LogP contribution in [0.3, 0.4) is 0 Å². The lowest BCUT2D eigenvalue weighted by molar-refractivity contribution is -0.118. The number of rotatable bonds is 5. The Morgan fingerprint density at radius 3 is 2.12 bits per heavy atom. The molecule has 0 N–H and O–H groups in total. The van der Waals surface area contributed by atoms with Crippen molar-refractivity contribution in [1.29, 1.82) is 0 Å². The molecule has 0 aliphatic rings. The van der Waals surface area contributed by atoms with Gasteiger partial charge in [-0.15, -0.1) is 0 Å². The van der Waals surface area contributed by atoms with Crippen LogP contribution < -0.4 is 0 Å². The first kappa shape index (κ1) is 13.9. The van der Waals surface area contributed by atoms with Crippen LogP contribution in [-0.2, 0) is 21.1 Å². The maximum atomic E-state index is 11.6. The maximum Gasteiger partial charge on any atom is 0.147 e. The van der Waals surface area contributed by atoms with Crippen molar-refractivity contribution in [1.82, 2.24) is 0 Å². The van der Waals surface area contributed by atoms with Crippen LogP contribution in [0.1, 0.15) is 23.1 Å². The number of aryl methyl sites for hydroxylation is 2. The number of benzene rings is 1. The molecule has 17 heavy (non-hydrogen) atoms. The Bertz CT molecular complexity index is 495. The molecule has 4 heteroatoms. The second-order valence-corrected chi connectivity index (χ2v) is 6.85. The molecule has 1 aromatic carbocycles. The molecule has 1 aromatic rings. The van der Waals surface area contributed by atoms with E-state index in [9.17, 15) is 13.2 Å². The van der Waals surface area contributed by atoms with Crippen LogP contribution in [0.5, 0.6) is 0 Å². The number of hydrogen-bond acceptors (Lipinski definition) is 3. The molecular weight excluding hydrogens is 236 g/mol. The second kappa shape index (κ2) is 5.45. The summed E-state index contributed by atoms with van der Waals surface area (Å²) in [4.78, 5) is 11.6. The molecular formula is C13H18O3S. The molecule has 0 aliphatic heterocycles. The van der Waals surface area contributed by atoms with Gasteiger partial charge >= 0.3 is 0 Å². The Morgan fingerprint density at radius 1 is 1.12 bits per heavy atom. The SMILES string of the molecule is Cc1cc(C)cc(CC(=O)CCS(C)(=O)=O)c1. The predicted molar refractivity (Wildman–Crippen MR) is 69.0 cm³/mol. The van der Waals surface area contributed by atoms with Crippen LogP contribution in [-0.4, -0.2) is 26.2 Å². The number of sulfone groups is 1. The van der Waals surface area contributed by atoms with Crippen molar-refractivity contribution < 1.29 is 13.2 Å². The Hall–Kier alpha value is -1.16. The predicted octanol–water partition coefficient (Wildman–Crippen LogP) is 1.85. The highest BCUT2D eigenvalue weighted by Crippen LogP contribution is 2.10. The Balaban J connectivity index is 2.62. The van der Waals surface area contributed by atoms with E-state index in [-0.39, 0.29) is 18.0 Å². The average Bonchev–Trinajstić information content (AvgIpc) is 2.11. The molecule has 0 saturated carbocycles. The summed E-state index contributed by atoms with van der Waals surface area (Å²) in [6.07, 6.45) is 1.57. The molecule has 3 nitrogen and oxygen atoms in total. The molecule has 1 rings (SSSR count). The first-order valence-corrected chi connectivity index (χ1v) is 7.59. The molecule has 0 fully saturated rings. The van der Waals surface area contributed by atoms with E-state index in [1.165, 1.54) is 0 Å². The first-order chi connectivity index (χ1) is 7.76. The smallest absolute Gasteiger partial charge is 0.147 e. The lowest BCUT2D eigenvalue weighted by atomic mass is 10.0. The fourth-order valence-corrected chi connectivity index (χ4v) is 2.38. The molecule has 0 spiro atoms. The summed E-state index contributed by atoms with van der Waals surface area (Å²) in [5.41, 5.74) is 3.20. The fraction of sp³-hybridized carbons (Fsp3) is 0.462. The molecule has 0 aliphatic carbocycles. The van der Waals surface area contributed by atoms with E-state index in [1.807, 2.05) is 32.0 Å². The Labute approximate surface area is 103 Å². The zero-order valence-corrected chi connectivity index (χ0v) is 11.3. The van der Waals surface area contributed by atoms with Crippen molar-refractivity contribution in [2.45, 2.75) is 26.7 Å². The highest BCUT2D eigenvalue weighted by atomic mass is 32.2. The number of carbonyl (C=O) groups excluding carboxylic acids is 1. The summed E-state index contributed by atoms with van der Waals surface area (Å²) in [7, 11) is -3.05. The average molecular weight is 254 g/mol. The van der Waals surface area contributed by atoms with E-state index in [1.54, 1.807) is 0 Å². The van der Waals surface area contributed by atoms with Gasteiger partial charge in [0.2, 0.25) is 0 Å². The molecule has 0 heterocycles. The lowest BCUT2D eigenvalue weighted by Crippen LogP contribution is -2.11. The number of ketones is 1. The van der Waals surface area contributed by atoms with E-state index in [2.05, 4.69) is 0 Å². The second-order valence-electron chi connectivity index (χ2n) is 4.59. The van der Waals surface area contributed by atoms with Gasteiger partial charge < -0.3 is 0 Å². The highest BCUT2D eigenvalue weighted by Gasteiger charge is 2.09. The van der Waals surface area contributed by atoms with Crippen LogP contribution in [0.2, 0.25) is 0 Å².